The summed E-state index contributed by atoms with van der Waals surface area (Å²) < 4.78 is 1.67. The molecule has 4 aromatic rings. The van der Waals surface area contributed by atoms with Gasteiger partial charge in [0.15, 0.2) is 0 Å². The maximum atomic E-state index is 13.3. The van der Waals surface area contributed by atoms with Crippen LogP contribution in [-0.2, 0) is 24.3 Å². The molecule has 0 fully saturated rings. The fourth-order valence-electron chi connectivity index (χ4n) is 3.42. The molecule has 2 heterocycles. The van der Waals surface area contributed by atoms with Crippen molar-refractivity contribution in [1.29, 1.82) is 0 Å². The number of rotatable bonds is 7. The molecular weight excluding hydrogens is 380 g/mol. The Kier molecular flexibility index (Phi) is 5.71. The molecular formula is C23H24N4OS. The SMILES string of the molecule is CC(C)Cc1ccc(N(Cc2ccsc2)C(=O)Cn2nnc3ccccc32)cc1. The molecule has 0 spiro atoms. The van der Waals surface area contributed by atoms with Gasteiger partial charge in [0, 0.05) is 5.69 Å². The van der Waals surface area contributed by atoms with Crippen molar-refractivity contribution in [2.24, 2.45) is 5.92 Å². The van der Waals surface area contributed by atoms with Crippen molar-refractivity contribution in [1.82, 2.24) is 15.0 Å². The van der Waals surface area contributed by atoms with Crippen molar-refractivity contribution >= 4 is 34.0 Å². The molecule has 0 saturated carbocycles. The fraction of sp³-hybridized carbons (Fsp3) is 0.261. The first-order chi connectivity index (χ1) is 14.1. The lowest BCUT2D eigenvalue weighted by Crippen LogP contribution is -2.33. The molecule has 1 amide bonds. The third kappa shape index (κ3) is 4.54. The minimum absolute atomic E-state index is 0.0107. The summed E-state index contributed by atoms with van der Waals surface area (Å²) in [5.41, 5.74) is 4.97. The van der Waals surface area contributed by atoms with Gasteiger partial charge in [0.25, 0.3) is 0 Å². The zero-order valence-electron chi connectivity index (χ0n) is 16.7. The van der Waals surface area contributed by atoms with Crippen LogP contribution in [0.5, 0.6) is 0 Å². The quantitative estimate of drug-likeness (QED) is 0.439. The Labute approximate surface area is 174 Å². The van der Waals surface area contributed by atoms with Crippen molar-refractivity contribution in [3.8, 4) is 0 Å². The van der Waals surface area contributed by atoms with E-state index >= 15 is 0 Å². The number of thiophene rings is 1. The molecule has 148 valence electrons. The molecule has 0 atom stereocenters. The summed E-state index contributed by atoms with van der Waals surface area (Å²) in [7, 11) is 0. The molecule has 2 aromatic carbocycles. The number of benzene rings is 2. The van der Waals surface area contributed by atoms with Crippen molar-refractivity contribution in [2.45, 2.75) is 33.4 Å². The summed E-state index contributed by atoms with van der Waals surface area (Å²) >= 11 is 1.64. The van der Waals surface area contributed by atoms with Gasteiger partial charge < -0.3 is 4.90 Å². The summed E-state index contributed by atoms with van der Waals surface area (Å²) in [5.74, 6) is 0.591. The first-order valence-electron chi connectivity index (χ1n) is 9.79. The number of amides is 1. The van der Waals surface area contributed by atoms with E-state index in [1.165, 1.54) is 5.56 Å². The molecule has 2 aromatic heterocycles. The lowest BCUT2D eigenvalue weighted by atomic mass is 10.0. The molecule has 0 aliphatic carbocycles. The number of aromatic nitrogens is 3. The van der Waals surface area contributed by atoms with Gasteiger partial charge in [-0.15, -0.1) is 5.10 Å². The molecule has 0 aliphatic heterocycles. The second-order valence-corrected chi connectivity index (χ2v) is 8.39. The van der Waals surface area contributed by atoms with Crippen LogP contribution >= 0.6 is 11.3 Å². The number of anilines is 1. The van der Waals surface area contributed by atoms with Crippen molar-refractivity contribution in [2.75, 3.05) is 4.90 Å². The highest BCUT2D eigenvalue weighted by molar-refractivity contribution is 7.07. The van der Waals surface area contributed by atoms with Crippen LogP contribution in [0.15, 0.2) is 65.4 Å². The van der Waals surface area contributed by atoms with E-state index in [0.717, 1.165) is 28.7 Å². The largest absolute Gasteiger partial charge is 0.306 e. The van der Waals surface area contributed by atoms with Crippen LogP contribution in [0.1, 0.15) is 25.0 Å². The second-order valence-electron chi connectivity index (χ2n) is 7.61. The zero-order valence-corrected chi connectivity index (χ0v) is 17.5. The predicted molar refractivity (Wildman–Crippen MR) is 118 cm³/mol. The first kappa shape index (κ1) is 19.3. The number of para-hydroxylation sites is 1. The summed E-state index contributed by atoms with van der Waals surface area (Å²) in [6, 6.07) is 18.1. The van der Waals surface area contributed by atoms with Gasteiger partial charge in [-0.05, 0) is 64.6 Å². The van der Waals surface area contributed by atoms with E-state index in [9.17, 15) is 4.79 Å². The third-order valence-electron chi connectivity index (χ3n) is 4.82. The zero-order chi connectivity index (χ0) is 20.2. The molecule has 0 saturated heterocycles. The molecule has 0 N–H and O–H groups in total. The van der Waals surface area contributed by atoms with Gasteiger partial charge in [0.1, 0.15) is 12.1 Å². The molecule has 4 rings (SSSR count). The van der Waals surface area contributed by atoms with Gasteiger partial charge in [-0.1, -0.05) is 43.3 Å². The molecule has 0 bridgehead atoms. The van der Waals surface area contributed by atoms with E-state index in [2.05, 4.69) is 47.7 Å². The number of hydrogen-bond acceptors (Lipinski definition) is 4. The Bertz CT molecular complexity index is 1080. The van der Waals surface area contributed by atoms with Gasteiger partial charge in [0.2, 0.25) is 5.91 Å². The molecule has 6 heteroatoms. The minimum atomic E-state index is -0.0107. The molecule has 5 nitrogen and oxygen atoms in total. The number of carbonyl (C=O) groups is 1. The Balaban J connectivity index is 1.60. The Morgan fingerprint density at radius 3 is 2.59 bits per heavy atom. The Morgan fingerprint density at radius 1 is 1.07 bits per heavy atom. The fourth-order valence-corrected chi connectivity index (χ4v) is 4.08. The average Bonchev–Trinajstić information content (AvgIpc) is 3.37. The first-order valence-corrected chi connectivity index (χ1v) is 10.7. The number of hydrogen-bond donors (Lipinski definition) is 0. The summed E-state index contributed by atoms with van der Waals surface area (Å²) in [6.07, 6.45) is 1.03. The summed E-state index contributed by atoms with van der Waals surface area (Å²) in [6.45, 7) is 5.11. The second kappa shape index (κ2) is 8.57. The third-order valence-corrected chi connectivity index (χ3v) is 5.55. The maximum absolute atomic E-state index is 13.3. The van der Waals surface area contributed by atoms with Gasteiger partial charge in [-0.3, -0.25) is 4.79 Å². The topological polar surface area (TPSA) is 51.0 Å². The highest BCUT2D eigenvalue weighted by Gasteiger charge is 2.19. The van der Waals surface area contributed by atoms with Crippen LogP contribution in [0.3, 0.4) is 0 Å². The van der Waals surface area contributed by atoms with Crippen LogP contribution in [0.4, 0.5) is 5.69 Å². The van der Waals surface area contributed by atoms with Crippen molar-refractivity contribution in [3.63, 3.8) is 0 Å². The maximum Gasteiger partial charge on any atom is 0.249 e. The summed E-state index contributed by atoms with van der Waals surface area (Å²) in [4.78, 5) is 15.1. The van der Waals surface area contributed by atoms with E-state index in [4.69, 9.17) is 0 Å². The lowest BCUT2D eigenvalue weighted by molar-refractivity contribution is -0.119. The van der Waals surface area contributed by atoms with Crippen LogP contribution in [-0.4, -0.2) is 20.9 Å². The lowest BCUT2D eigenvalue weighted by Gasteiger charge is -2.23. The number of fused-ring (bicyclic) bond motifs is 1. The Hall–Kier alpha value is -2.99. The van der Waals surface area contributed by atoms with Crippen LogP contribution in [0.2, 0.25) is 0 Å². The Morgan fingerprint density at radius 2 is 1.86 bits per heavy atom. The standard InChI is InChI=1S/C23H24N4OS/c1-17(2)13-18-7-9-20(10-8-18)26(14-19-11-12-29-16-19)23(28)15-27-22-6-4-3-5-21(22)24-25-27/h3-12,16-17H,13-15H2,1-2H3. The van der Waals surface area contributed by atoms with Crippen molar-refractivity contribution in [3.05, 3.63) is 76.5 Å². The monoisotopic (exact) mass is 404 g/mol. The van der Waals surface area contributed by atoms with Crippen LogP contribution in [0.25, 0.3) is 11.0 Å². The number of carbonyl (C=O) groups excluding carboxylic acids is 1. The summed E-state index contributed by atoms with van der Waals surface area (Å²) in [5, 5.41) is 12.5. The van der Waals surface area contributed by atoms with Crippen molar-refractivity contribution < 1.29 is 4.79 Å². The highest BCUT2D eigenvalue weighted by atomic mass is 32.1. The van der Waals surface area contributed by atoms with E-state index in [0.29, 0.717) is 12.5 Å². The van der Waals surface area contributed by atoms with E-state index in [1.807, 2.05) is 46.7 Å². The van der Waals surface area contributed by atoms with Gasteiger partial charge in [-0.25, -0.2) is 4.68 Å². The number of nitrogens with zero attached hydrogens (tertiary/aromatic N) is 4. The highest BCUT2D eigenvalue weighted by Crippen LogP contribution is 2.22. The van der Waals surface area contributed by atoms with Gasteiger partial charge in [0.05, 0.1) is 12.1 Å². The molecule has 29 heavy (non-hydrogen) atoms. The average molecular weight is 405 g/mol. The van der Waals surface area contributed by atoms with E-state index in [-0.39, 0.29) is 12.5 Å². The molecule has 0 aliphatic rings. The minimum Gasteiger partial charge on any atom is -0.306 e. The molecule has 0 unspecified atom stereocenters. The van der Waals surface area contributed by atoms with Crippen LogP contribution in [0, 0.1) is 5.92 Å². The van der Waals surface area contributed by atoms with Gasteiger partial charge in [-0.2, -0.15) is 11.3 Å². The van der Waals surface area contributed by atoms with Crippen LogP contribution < -0.4 is 4.90 Å². The van der Waals surface area contributed by atoms with Gasteiger partial charge >= 0.3 is 0 Å². The molecule has 0 radical (unpaired) electrons. The normalized spacial score (nSPS) is 11.3. The van der Waals surface area contributed by atoms with E-state index in [1.54, 1.807) is 16.0 Å². The van der Waals surface area contributed by atoms with E-state index < -0.39 is 0 Å². The smallest absolute Gasteiger partial charge is 0.249 e. The predicted octanol–water partition coefficient (Wildman–Crippen LogP) is 4.92.